The van der Waals surface area contributed by atoms with Crippen molar-refractivity contribution in [3.8, 4) is 0 Å². The molecule has 2 aromatic carbocycles. The Morgan fingerprint density at radius 1 is 0.968 bits per heavy atom. The number of nitrogens with zero attached hydrogens (tertiary/aromatic N) is 4. The summed E-state index contributed by atoms with van der Waals surface area (Å²) in [5, 5.41) is 0. The number of carbonyl (C=O) groups excluding carboxylic acids is 3. The summed E-state index contributed by atoms with van der Waals surface area (Å²) < 4.78 is 2.09. The van der Waals surface area contributed by atoms with Crippen molar-refractivity contribution in [2.75, 3.05) is 13.1 Å². The zero-order chi connectivity index (χ0) is 21.4. The van der Waals surface area contributed by atoms with E-state index >= 15 is 0 Å². The first kappa shape index (κ1) is 19.2. The van der Waals surface area contributed by atoms with Gasteiger partial charge in [0, 0.05) is 37.1 Å². The molecule has 0 N–H and O–H groups in total. The number of benzene rings is 2. The third-order valence-corrected chi connectivity index (χ3v) is 6.10. The van der Waals surface area contributed by atoms with Crippen molar-refractivity contribution in [3.63, 3.8) is 0 Å². The van der Waals surface area contributed by atoms with Crippen molar-refractivity contribution in [3.05, 3.63) is 89.5 Å². The lowest BCUT2D eigenvalue weighted by molar-refractivity contribution is 0.0641. The number of carbonyl (C=O) groups is 3. The summed E-state index contributed by atoms with van der Waals surface area (Å²) in [5.74, 6) is -0.769. The molecule has 0 radical (unpaired) electrons. The second kappa shape index (κ2) is 7.83. The molecule has 7 heteroatoms. The van der Waals surface area contributed by atoms with E-state index in [-0.39, 0.29) is 24.3 Å². The Bertz CT molecular complexity index is 1130. The molecule has 3 heterocycles. The average Bonchev–Trinajstić information content (AvgIpc) is 3.43. The quantitative estimate of drug-likeness (QED) is 0.615. The number of hydrogen-bond acceptors (Lipinski definition) is 4. The van der Waals surface area contributed by atoms with Crippen LogP contribution in [0.3, 0.4) is 0 Å². The number of amides is 3. The highest BCUT2D eigenvalue weighted by Gasteiger charge is 2.36. The van der Waals surface area contributed by atoms with Crippen LogP contribution in [-0.2, 0) is 6.54 Å². The van der Waals surface area contributed by atoms with E-state index in [1.165, 1.54) is 4.90 Å². The number of imide groups is 1. The zero-order valence-corrected chi connectivity index (χ0v) is 17.0. The lowest BCUT2D eigenvalue weighted by Gasteiger charge is -2.32. The van der Waals surface area contributed by atoms with Crippen LogP contribution in [-0.4, -0.2) is 50.2 Å². The number of piperidine rings is 1. The number of likely N-dealkylation sites (tertiary alicyclic amines) is 1. The van der Waals surface area contributed by atoms with Crippen LogP contribution in [0.15, 0.2) is 67.3 Å². The molecule has 0 bridgehead atoms. The second-order valence-corrected chi connectivity index (χ2v) is 7.98. The van der Waals surface area contributed by atoms with Crippen LogP contribution < -0.4 is 0 Å². The molecule has 0 spiro atoms. The predicted octanol–water partition coefficient (Wildman–Crippen LogP) is 3.16. The van der Waals surface area contributed by atoms with Gasteiger partial charge in [0.05, 0.1) is 24.0 Å². The first-order chi connectivity index (χ1) is 15.1. The number of fused-ring (bicyclic) bond motifs is 1. The molecule has 5 rings (SSSR count). The minimum Gasteiger partial charge on any atom is -0.338 e. The van der Waals surface area contributed by atoms with Gasteiger partial charge in [0.2, 0.25) is 0 Å². The molecule has 1 fully saturated rings. The van der Waals surface area contributed by atoms with Crippen LogP contribution in [0.5, 0.6) is 0 Å². The Morgan fingerprint density at radius 3 is 2.42 bits per heavy atom. The van der Waals surface area contributed by atoms with Crippen LogP contribution in [0.4, 0.5) is 0 Å². The molecule has 0 atom stereocenters. The maximum atomic E-state index is 13.1. The topological polar surface area (TPSA) is 75.5 Å². The average molecular weight is 414 g/mol. The molecule has 31 heavy (non-hydrogen) atoms. The molecule has 7 nitrogen and oxygen atoms in total. The molecule has 0 saturated carbocycles. The number of imidazole rings is 1. The van der Waals surface area contributed by atoms with Gasteiger partial charge in [-0.2, -0.15) is 0 Å². The van der Waals surface area contributed by atoms with Crippen molar-refractivity contribution < 1.29 is 14.4 Å². The Labute approximate surface area is 179 Å². The van der Waals surface area contributed by atoms with Gasteiger partial charge in [0.1, 0.15) is 0 Å². The summed E-state index contributed by atoms with van der Waals surface area (Å²) in [4.78, 5) is 45.9. The van der Waals surface area contributed by atoms with Gasteiger partial charge in [-0.1, -0.05) is 30.3 Å². The predicted molar refractivity (Wildman–Crippen MR) is 113 cm³/mol. The second-order valence-electron chi connectivity index (χ2n) is 7.98. The number of rotatable bonds is 4. The Morgan fingerprint density at radius 2 is 1.71 bits per heavy atom. The van der Waals surface area contributed by atoms with Gasteiger partial charge in [-0.15, -0.1) is 0 Å². The monoisotopic (exact) mass is 414 g/mol. The van der Waals surface area contributed by atoms with Gasteiger partial charge in [-0.05, 0) is 36.6 Å². The van der Waals surface area contributed by atoms with Crippen molar-refractivity contribution in [2.45, 2.75) is 25.4 Å². The van der Waals surface area contributed by atoms with Crippen molar-refractivity contribution in [1.82, 2.24) is 19.4 Å². The summed E-state index contributed by atoms with van der Waals surface area (Å²) >= 11 is 0. The lowest BCUT2D eigenvalue weighted by atomic mass is 10.0. The van der Waals surface area contributed by atoms with Crippen molar-refractivity contribution >= 4 is 17.7 Å². The molecule has 2 aliphatic heterocycles. The van der Waals surface area contributed by atoms with Gasteiger partial charge in [-0.3, -0.25) is 19.3 Å². The zero-order valence-electron chi connectivity index (χ0n) is 17.0. The van der Waals surface area contributed by atoms with Gasteiger partial charge < -0.3 is 9.47 Å². The summed E-state index contributed by atoms with van der Waals surface area (Å²) in [6.45, 7) is 1.51. The first-order valence-electron chi connectivity index (χ1n) is 10.4. The van der Waals surface area contributed by atoms with Crippen LogP contribution in [0, 0.1) is 0 Å². The van der Waals surface area contributed by atoms with Crippen LogP contribution in [0.1, 0.15) is 55.5 Å². The van der Waals surface area contributed by atoms with E-state index < -0.39 is 0 Å². The summed E-state index contributed by atoms with van der Waals surface area (Å²) in [7, 11) is 0. The Balaban J connectivity index is 1.30. The maximum absolute atomic E-state index is 13.1. The standard InChI is InChI=1S/C24H22N4O3/c29-22(26-11-8-19(9-12-26)27-13-10-25-16-27)18-6-7-20-21(14-18)24(31)28(23(20)30)15-17-4-2-1-3-5-17/h1-7,10,13-14,16,19H,8-9,11-12,15H2. The largest absolute Gasteiger partial charge is 0.338 e. The van der Waals surface area contributed by atoms with Crippen LogP contribution in [0.2, 0.25) is 0 Å². The van der Waals surface area contributed by atoms with E-state index in [1.807, 2.05) is 47.8 Å². The number of aromatic nitrogens is 2. The van der Waals surface area contributed by atoms with Gasteiger partial charge in [0.15, 0.2) is 0 Å². The molecule has 0 unspecified atom stereocenters. The molecule has 3 aromatic rings. The molecule has 156 valence electrons. The fourth-order valence-electron chi connectivity index (χ4n) is 4.37. The van der Waals surface area contributed by atoms with Crippen LogP contribution in [0.25, 0.3) is 0 Å². The van der Waals surface area contributed by atoms with Crippen molar-refractivity contribution in [2.24, 2.45) is 0 Å². The molecule has 1 aromatic heterocycles. The minimum absolute atomic E-state index is 0.103. The van der Waals surface area contributed by atoms with Gasteiger partial charge in [0.25, 0.3) is 17.7 Å². The molecule has 0 aliphatic carbocycles. The third kappa shape index (κ3) is 3.52. The highest BCUT2D eigenvalue weighted by molar-refractivity contribution is 6.22. The first-order valence-corrected chi connectivity index (χ1v) is 10.4. The lowest BCUT2D eigenvalue weighted by Crippen LogP contribution is -2.39. The summed E-state index contributed by atoms with van der Waals surface area (Å²) in [6, 6.07) is 14.6. The Kier molecular flexibility index (Phi) is 4.86. The SMILES string of the molecule is O=C(c1ccc2c(c1)C(=O)N(Cc1ccccc1)C2=O)N1CCC(n2ccnc2)CC1. The van der Waals surface area contributed by atoms with E-state index in [1.54, 1.807) is 24.4 Å². The highest BCUT2D eigenvalue weighted by atomic mass is 16.2. The van der Waals surface area contributed by atoms with Crippen LogP contribution >= 0.6 is 0 Å². The fraction of sp³-hybridized carbons (Fsp3) is 0.250. The molecule has 1 saturated heterocycles. The minimum atomic E-state index is -0.350. The van der Waals surface area contributed by atoms with Gasteiger partial charge in [-0.25, -0.2) is 4.98 Å². The van der Waals surface area contributed by atoms with E-state index in [2.05, 4.69) is 9.55 Å². The van der Waals surface area contributed by atoms with E-state index in [4.69, 9.17) is 0 Å². The van der Waals surface area contributed by atoms with Crippen molar-refractivity contribution in [1.29, 1.82) is 0 Å². The summed E-state index contributed by atoms with van der Waals surface area (Å²) in [6.07, 6.45) is 7.24. The molecule has 2 aliphatic rings. The fourth-order valence-corrected chi connectivity index (χ4v) is 4.37. The van der Waals surface area contributed by atoms with E-state index in [0.717, 1.165) is 18.4 Å². The maximum Gasteiger partial charge on any atom is 0.261 e. The Hall–Kier alpha value is -3.74. The molecular weight excluding hydrogens is 392 g/mol. The smallest absolute Gasteiger partial charge is 0.261 e. The number of hydrogen-bond donors (Lipinski definition) is 0. The highest BCUT2D eigenvalue weighted by Crippen LogP contribution is 2.28. The molecular formula is C24H22N4O3. The third-order valence-electron chi connectivity index (χ3n) is 6.10. The van der Waals surface area contributed by atoms with Gasteiger partial charge >= 0.3 is 0 Å². The van der Waals surface area contributed by atoms with E-state index in [0.29, 0.717) is 35.8 Å². The summed E-state index contributed by atoms with van der Waals surface area (Å²) in [5.41, 5.74) is 1.99. The normalized spacial score (nSPS) is 16.6. The molecule has 3 amide bonds. The van der Waals surface area contributed by atoms with E-state index in [9.17, 15) is 14.4 Å².